The van der Waals surface area contributed by atoms with Crippen LogP contribution in [0.25, 0.3) is 16.6 Å². The molecular weight excluding hydrogens is 286 g/mol. The maximum atomic E-state index is 4.38. The average molecular weight is 303 g/mol. The van der Waals surface area contributed by atoms with E-state index in [4.69, 9.17) is 0 Å². The third-order valence-electron chi connectivity index (χ3n) is 4.03. The second-order valence-corrected chi connectivity index (χ2v) is 5.69. The van der Waals surface area contributed by atoms with Crippen molar-refractivity contribution in [3.8, 4) is 0 Å². The first-order valence-electron chi connectivity index (χ1n) is 7.64. The van der Waals surface area contributed by atoms with Crippen molar-refractivity contribution in [3.63, 3.8) is 0 Å². The number of anilines is 1. The van der Waals surface area contributed by atoms with Gasteiger partial charge in [-0.3, -0.25) is 0 Å². The SMILES string of the molecule is Cc1cc(N[C@H](C)c2cccc3ccccc23)n2ncnc2n1. The zero-order valence-electron chi connectivity index (χ0n) is 13.1. The number of aromatic nitrogens is 4. The van der Waals surface area contributed by atoms with Crippen LogP contribution in [0.5, 0.6) is 0 Å². The van der Waals surface area contributed by atoms with Crippen molar-refractivity contribution < 1.29 is 0 Å². The van der Waals surface area contributed by atoms with E-state index < -0.39 is 0 Å². The molecule has 0 saturated heterocycles. The quantitative estimate of drug-likeness (QED) is 0.626. The summed E-state index contributed by atoms with van der Waals surface area (Å²) in [5, 5.41) is 10.3. The molecular formula is C18H17N5. The first-order chi connectivity index (χ1) is 11.2. The summed E-state index contributed by atoms with van der Waals surface area (Å²) in [5.74, 6) is 1.50. The Balaban J connectivity index is 1.76. The zero-order valence-corrected chi connectivity index (χ0v) is 13.1. The Labute approximate surface area is 134 Å². The summed E-state index contributed by atoms with van der Waals surface area (Å²) in [7, 11) is 0. The molecule has 0 saturated carbocycles. The maximum Gasteiger partial charge on any atom is 0.254 e. The molecule has 1 N–H and O–H groups in total. The van der Waals surface area contributed by atoms with Crippen molar-refractivity contribution in [1.29, 1.82) is 0 Å². The lowest BCUT2D eigenvalue weighted by Crippen LogP contribution is -2.11. The van der Waals surface area contributed by atoms with E-state index >= 15 is 0 Å². The van der Waals surface area contributed by atoms with E-state index in [0.29, 0.717) is 5.78 Å². The highest BCUT2D eigenvalue weighted by Crippen LogP contribution is 2.26. The summed E-state index contributed by atoms with van der Waals surface area (Å²) in [6.45, 7) is 4.11. The van der Waals surface area contributed by atoms with Gasteiger partial charge >= 0.3 is 0 Å². The van der Waals surface area contributed by atoms with Crippen molar-refractivity contribution in [2.75, 3.05) is 5.32 Å². The van der Waals surface area contributed by atoms with Crippen molar-refractivity contribution in [2.24, 2.45) is 0 Å². The van der Waals surface area contributed by atoms with Crippen LogP contribution in [-0.2, 0) is 0 Å². The van der Waals surface area contributed by atoms with Gasteiger partial charge in [0, 0.05) is 11.8 Å². The summed E-state index contributed by atoms with van der Waals surface area (Å²) in [5.41, 5.74) is 2.17. The number of nitrogens with one attached hydrogen (secondary N) is 1. The minimum atomic E-state index is 0.135. The number of hydrogen-bond donors (Lipinski definition) is 1. The molecule has 114 valence electrons. The van der Waals surface area contributed by atoms with Crippen LogP contribution in [0, 0.1) is 6.92 Å². The predicted molar refractivity (Wildman–Crippen MR) is 91.5 cm³/mol. The van der Waals surface area contributed by atoms with E-state index in [-0.39, 0.29) is 6.04 Å². The van der Waals surface area contributed by atoms with Gasteiger partial charge in [0.1, 0.15) is 12.1 Å². The highest BCUT2D eigenvalue weighted by molar-refractivity contribution is 5.86. The lowest BCUT2D eigenvalue weighted by Gasteiger charge is -2.18. The molecule has 23 heavy (non-hydrogen) atoms. The largest absolute Gasteiger partial charge is 0.363 e. The van der Waals surface area contributed by atoms with Gasteiger partial charge in [-0.05, 0) is 30.2 Å². The Bertz CT molecular complexity index is 984. The topological polar surface area (TPSA) is 55.1 Å². The Morgan fingerprint density at radius 3 is 2.83 bits per heavy atom. The molecule has 0 bridgehead atoms. The third-order valence-corrected chi connectivity index (χ3v) is 4.03. The van der Waals surface area contributed by atoms with Crippen LogP contribution in [0.15, 0.2) is 54.9 Å². The summed E-state index contributed by atoms with van der Waals surface area (Å²) >= 11 is 0. The number of nitrogens with zero attached hydrogens (tertiary/aromatic N) is 4. The molecule has 2 heterocycles. The molecule has 0 aliphatic rings. The van der Waals surface area contributed by atoms with E-state index in [0.717, 1.165) is 11.5 Å². The molecule has 2 aromatic heterocycles. The van der Waals surface area contributed by atoms with E-state index in [1.165, 1.54) is 22.7 Å². The third kappa shape index (κ3) is 2.40. The fourth-order valence-electron chi connectivity index (χ4n) is 2.96. The van der Waals surface area contributed by atoms with E-state index in [1.54, 1.807) is 4.52 Å². The first kappa shape index (κ1) is 13.7. The van der Waals surface area contributed by atoms with Crippen molar-refractivity contribution in [3.05, 3.63) is 66.1 Å². The van der Waals surface area contributed by atoms with Gasteiger partial charge in [-0.1, -0.05) is 42.5 Å². The molecule has 0 amide bonds. The smallest absolute Gasteiger partial charge is 0.254 e. The molecule has 4 aromatic rings. The number of aryl methyl sites for hydroxylation is 1. The Morgan fingerprint density at radius 1 is 1.09 bits per heavy atom. The molecule has 0 aliphatic carbocycles. The number of rotatable bonds is 3. The van der Waals surface area contributed by atoms with Gasteiger partial charge < -0.3 is 5.32 Å². The molecule has 4 rings (SSSR count). The van der Waals surface area contributed by atoms with Gasteiger partial charge in [-0.15, -0.1) is 0 Å². The Kier molecular flexibility index (Phi) is 3.19. The number of benzene rings is 2. The van der Waals surface area contributed by atoms with Gasteiger partial charge in [0.2, 0.25) is 0 Å². The summed E-state index contributed by atoms with van der Waals surface area (Å²) in [6, 6.07) is 16.9. The number of fused-ring (bicyclic) bond motifs is 2. The summed E-state index contributed by atoms with van der Waals surface area (Å²) in [4.78, 5) is 8.55. The number of hydrogen-bond acceptors (Lipinski definition) is 4. The first-order valence-corrected chi connectivity index (χ1v) is 7.64. The fraction of sp³-hybridized carbons (Fsp3) is 0.167. The van der Waals surface area contributed by atoms with Gasteiger partial charge in [0.05, 0.1) is 6.04 Å². The van der Waals surface area contributed by atoms with Crippen LogP contribution in [-0.4, -0.2) is 19.6 Å². The standard InChI is InChI=1S/C18H17N5/c1-12-10-17(23-18(21-12)19-11-20-23)22-13(2)15-9-5-7-14-6-3-4-8-16(14)15/h3-11,13,22H,1-2H3/t13-/m1/s1. The lowest BCUT2D eigenvalue weighted by molar-refractivity contribution is 0.843. The highest BCUT2D eigenvalue weighted by Gasteiger charge is 2.12. The molecule has 5 nitrogen and oxygen atoms in total. The molecule has 2 aromatic carbocycles. The van der Waals surface area contributed by atoms with Gasteiger partial charge in [0.25, 0.3) is 5.78 Å². The van der Waals surface area contributed by atoms with Crippen LogP contribution in [0.3, 0.4) is 0 Å². The van der Waals surface area contributed by atoms with Crippen molar-refractivity contribution >= 4 is 22.4 Å². The second kappa shape index (κ2) is 5.35. The van der Waals surface area contributed by atoms with Crippen LogP contribution in [0.1, 0.15) is 24.2 Å². The monoisotopic (exact) mass is 303 g/mol. The maximum absolute atomic E-state index is 4.38. The highest BCUT2D eigenvalue weighted by atomic mass is 15.4. The van der Waals surface area contributed by atoms with Crippen LogP contribution >= 0.6 is 0 Å². The van der Waals surface area contributed by atoms with Crippen LogP contribution in [0.4, 0.5) is 5.82 Å². The second-order valence-electron chi connectivity index (χ2n) is 5.69. The molecule has 0 spiro atoms. The Morgan fingerprint density at radius 2 is 1.91 bits per heavy atom. The van der Waals surface area contributed by atoms with Gasteiger partial charge in [0.15, 0.2) is 0 Å². The van der Waals surface area contributed by atoms with E-state index in [1.807, 2.05) is 13.0 Å². The van der Waals surface area contributed by atoms with Crippen molar-refractivity contribution in [2.45, 2.75) is 19.9 Å². The van der Waals surface area contributed by atoms with Gasteiger partial charge in [-0.25, -0.2) is 4.98 Å². The normalized spacial score (nSPS) is 12.6. The molecule has 0 aliphatic heterocycles. The molecule has 0 fully saturated rings. The van der Waals surface area contributed by atoms with Crippen LogP contribution in [0.2, 0.25) is 0 Å². The molecule has 0 unspecified atom stereocenters. The molecule has 5 heteroatoms. The van der Waals surface area contributed by atoms with Crippen LogP contribution < -0.4 is 5.32 Å². The average Bonchev–Trinajstić information content (AvgIpc) is 3.02. The summed E-state index contributed by atoms with van der Waals surface area (Å²) < 4.78 is 1.73. The summed E-state index contributed by atoms with van der Waals surface area (Å²) in [6.07, 6.45) is 1.52. The Hall–Kier alpha value is -2.95. The van der Waals surface area contributed by atoms with Crippen molar-refractivity contribution in [1.82, 2.24) is 19.6 Å². The predicted octanol–water partition coefficient (Wildman–Crippen LogP) is 3.76. The minimum absolute atomic E-state index is 0.135. The molecule has 1 atom stereocenters. The zero-order chi connectivity index (χ0) is 15.8. The lowest BCUT2D eigenvalue weighted by atomic mass is 10.00. The fourth-order valence-corrected chi connectivity index (χ4v) is 2.96. The molecule has 0 radical (unpaired) electrons. The van der Waals surface area contributed by atoms with Gasteiger partial charge in [-0.2, -0.15) is 14.6 Å². The van der Waals surface area contributed by atoms with E-state index in [2.05, 4.69) is 69.8 Å². The van der Waals surface area contributed by atoms with E-state index in [9.17, 15) is 0 Å². The minimum Gasteiger partial charge on any atom is -0.363 e.